The zero-order chi connectivity index (χ0) is 26.0. The molecule has 2 heterocycles. The summed E-state index contributed by atoms with van der Waals surface area (Å²) >= 11 is 7.00. The van der Waals surface area contributed by atoms with E-state index >= 15 is 0 Å². The summed E-state index contributed by atoms with van der Waals surface area (Å²) in [7, 11) is 3.50. The fraction of sp³-hybridized carbons (Fsp3) is 0.292. The van der Waals surface area contributed by atoms with E-state index in [4.69, 9.17) is 11.6 Å². The van der Waals surface area contributed by atoms with Crippen LogP contribution in [0.3, 0.4) is 0 Å². The number of carbonyl (C=O) groups is 1. The number of thioether (sulfide) groups is 1. The van der Waals surface area contributed by atoms with Gasteiger partial charge in [-0.05, 0) is 60.3 Å². The number of hydrogen-bond acceptors (Lipinski definition) is 6. The minimum Gasteiger partial charge on any atom is -0.390 e. The summed E-state index contributed by atoms with van der Waals surface area (Å²) in [6.45, 7) is 0.664. The number of amides is 1. The normalized spacial score (nSPS) is 16.1. The first-order chi connectivity index (χ1) is 17.0. The number of hydrogen-bond donors (Lipinski definition) is 2. The van der Waals surface area contributed by atoms with Crippen molar-refractivity contribution in [2.75, 3.05) is 27.2 Å². The van der Waals surface area contributed by atoms with Crippen molar-refractivity contribution in [2.24, 2.45) is 4.99 Å². The van der Waals surface area contributed by atoms with Crippen molar-refractivity contribution in [3.05, 3.63) is 69.2 Å². The zero-order valence-corrected chi connectivity index (χ0v) is 21.0. The highest BCUT2D eigenvalue weighted by Crippen LogP contribution is 2.35. The number of aromatic nitrogens is 2. The van der Waals surface area contributed by atoms with Gasteiger partial charge in [0.2, 0.25) is 0 Å². The number of rotatable bonds is 7. The van der Waals surface area contributed by atoms with Crippen molar-refractivity contribution in [3.8, 4) is 0 Å². The monoisotopic (exact) mass is 537 g/mol. The number of likely N-dealkylation sites (N-methyl/N-ethyl adjacent to an activating group) is 2. The standard InChI is InChI=1S/C24H23ClF3N5O2S/c1-29-11-18(34)13-32(2)23-31-22(35)21(36-23)8-14-3-6-20-16(7-14)10-30-33(20)12-15-4-5-17(25)9-19(15)24(26,27)28/h3-10,18,29,34H,11-13H2,1-2H3. The quantitative estimate of drug-likeness (QED) is 0.439. The fourth-order valence-electron chi connectivity index (χ4n) is 3.84. The lowest BCUT2D eigenvalue weighted by Gasteiger charge is -2.21. The van der Waals surface area contributed by atoms with Crippen LogP contribution in [-0.2, 0) is 17.5 Å². The summed E-state index contributed by atoms with van der Waals surface area (Å²) in [5.74, 6) is -0.372. The van der Waals surface area contributed by atoms with Crippen LogP contribution in [0.4, 0.5) is 13.2 Å². The molecule has 36 heavy (non-hydrogen) atoms. The van der Waals surface area contributed by atoms with Gasteiger partial charge in [-0.2, -0.15) is 23.3 Å². The molecule has 0 spiro atoms. The summed E-state index contributed by atoms with van der Waals surface area (Å²) in [4.78, 5) is 18.7. The number of benzene rings is 2. The number of aliphatic imine (C=N–C) groups is 1. The molecule has 1 atom stereocenters. The minimum absolute atomic E-state index is 0.0147. The third kappa shape index (κ3) is 5.92. The van der Waals surface area contributed by atoms with Crippen LogP contribution < -0.4 is 5.32 Å². The third-order valence-corrected chi connectivity index (χ3v) is 6.85. The molecule has 190 valence electrons. The number of halogens is 4. The van der Waals surface area contributed by atoms with Gasteiger partial charge < -0.3 is 15.3 Å². The lowest BCUT2D eigenvalue weighted by molar-refractivity contribution is -0.138. The lowest BCUT2D eigenvalue weighted by Crippen LogP contribution is -2.37. The predicted molar refractivity (Wildman–Crippen MR) is 136 cm³/mol. The highest BCUT2D eigenvalue weighted by atomic mass is 35.5. The van der Waals surface area contributed by atoms with Gasteiger partial charge in [-0.1, -0.05) is 23.7 Å². The van der Waals surface area contributed by atoms with Crippen LogP contribution in [0.1, 0.15) is 16.7 Å². The first-order valence-electron chi connectivity index (χ1n) is 10.9. The lowest BCUT2D eigenvalue weighted by atomic mass is 10.1. The molecular formula is C24H23ClF3N5O2S. The molecule has 2 N–H and O–H groups in total. The summed E-state index contributed by atoms with van der Waals surface area (Å²) in [6, 6.07) is 9.03. The van der Waals surface area contributed by atoms with Crippen molar-refractivity contribution in [2.45, 2.75) is 18.8 Å². The molecule has 0 saturated carbocycles. The molecule has 0 saturated heterocycles. The number of nitrogens with one attached hydrogen (secondary N) is 1. The Bertz CT molecular complexity index is 1360. The van der Waals surface area contributed by atoms with E-state index < -0.39 is 17.8 Å². The van der Waals surface area contributed by atoms with Crippen LogP contribution in [0.15, 0.2) is 52.5 Å². The van der Waals surface area contributed by atoms with Crippen molar-refractivity contribution in [1.29, 1.82) is 0 Å². The van der Waals surface area contributed by atoms with Crippen LogP contribution in [0, 0.1) is 0 Å². The largest absolute Gasteiger partial charge is 0.416 e. The van der Waals surface area contributed by atoms with Crippen LogP contribution in [0.2, 0.25) is 5.02 Å². The van der Waals surface area contributed by atoms with Gasteiger partial charge in [0.25, 0.3) is 5.91 Å². The van der Waals surface area contributed by atoms with Crippen LogP contribution >= 0.6 is 23.4 Å². The zero-order valence-electron chi connectivity index (χ0n) is 19.4. The van der Waals surface area contributed by atoms with Crippen LogP contribution in [-0.4, -0.2) is 64.2 Å². The number of alkyl halides is 3. The Labute approximate surface area is 214 Å². The molecule has 1 amide bonds. The van der Waals surface area contributed by atoms with Crippen LogP contribution in [0.5, 0.6) is 0 Å². The van der Waals surface area contributed by atoms with Gasteiger partial charge in [-0.25, -0.2) is 0 Å². The second-order valence-corrected chi connectivity index (χ2v) is 9.77. The van der Waals surface area contributed by atoms with E-state index in [1.54, 1.807) is 43.4 Å². The molecule has 4 rings (SSSR count). The Morgan fingerprint density at radius 1 is 1.28 bits per heavy atom. The molecule has 12 heteroatoms. The van der Waals surface area contributed by atoms with Crippen molar-refractivity contribution < 1.29 is 23.1 Å². The molecule has 0 aliphatic carbocycles. The molecule has 1 aliphatic rings. The predicted octanol–water partition coefficient (Wildman–Crippen LogP) is 4.24. The average molecular weight is 538 g/mol. The maximum atomic E-state index is 13.5. The Morgan fingerprint density at radius 2 is 2.06 bits per heavy atom. The Morgan fingerprint density at radius 3 is 2.78 bits per heavy atom. The molecular weight excluding hydrogens is 515 g/mol. The van der Waals surface area contributed by atoms with Gasteiger partial charge in [-0.3, -0.25) is 9.48 Å². The number of carbonyl (C=O) groups excluding carboxylic acids is 1. The number of aliphatic hydroxyl groups excluding tert-OH is 1. The first-order valence-corrected chi connectivity index (χ1v) is 12.1. The van der Waals surface area contributed by atoms with Crippen molar-refractivity contribution in [1.82, 2.24) is 20.0 Å². The number of aliphatic hydroxyl groups is 1. The first kappa shape index (κ1) is 26.2. The van der Waals surface area contributed by atoms with Gasteiger partial charge in [0, 0.05) is 30.5 Å². The number of amidine groups is 1. The van der Waals surface area contributed by atoms with E-state index in [-0.39, 0.29) is 23.0 Å². The minimum atomic E-state index is -4.53. The van der Waals surface area contributed by atoms with E-state index in [0.29, 0.717) is 28.7 Å². The Hall–Kier alpha value is -2.86. The van der Waals surface area contributed by atoms with Gasteiger partial charge in [-0.15, -0.1) is 0 Å². The smallest absolute Gasteiger partial charge is 0.390 e. The molecule has 2 aromatic carbocycles. The van der Waals surface area contributed by atoms with E-state index in [9.17, 15) is 23.1 Å². The van der Waals surface area contributed by atoms with E-state index in [1.807, 2.05) is 6.07 Å². The molecule has 0 fully saturated rings. The van der Waals surface area contributed by atoms with E-state index in [2.05, 4.69) is 15.4 Å². The molecule has 0 bridgehead atoms. The fourth-order valence-corrected chi connectivity index (χ4v) is 4.90. The SMILES string of the molecule is CNCC(O)CN(C)C1=NC(=O)C(=Cc2ccc3c(cnn3Cc3ccc(Cl)cc3C(F)(F)F)c2)S1. The van der Waals surface area contributed by atoms with Gasteiger partial charge in [0.05, 0.1) is 34.8 Å². The second-order valence-electron chi connectivity index (χ2n) is 8.32. The molecule has 1 aromatic heterocycles. The highest BCUT2D eigenvalue weighted by Gasteiger charge is 2.33. The van der Waals surface area contributed by atoms with E-state index in [1.165, 1.54) is 28.6 Å². The number of fused-ring (bicyclic) bond motifs is 1. The van der Waals surface area contributed by atoms with Gasteiger partial charge >= 0.3 is 6.18 Å². The molecule has 7 nitrogen and oxygen atoms in total. The summed E-state index contributed by atoms with van der Waals surface area (Å²) in [5.41, 5.74) is 0.649. The summed E-state index contributed by atoms with van der Waals surface area (Å²) in [5, 5.41) is 18.4. The maximum Gasteiger partial charge on any atom is 0.416 e. The summed E-state index contributed by atoms with van der Waals surface area (Å²) < 4.78 is 41.9. The highest BCUT2D eigenvalue weighted by molar-refractivity contribution is 8.18. The molecule has 1 aliphatic heterocycles. The number of nitrogens with zero attached hydrogens (tertiary/aromatic N) is 4. The van der Waals surface area contributed by atoms with Gasteiger partial charge in [0.1, 0.15) is 0 Å². The van der Waals surface area contributed by atoms with Gasteiger partial charge in [0.15, 0.2) is 5.17 Å². The molecule has 3 aromatic rings. The topological polar surface area (TPSA) is 82.8 Å². The Kier molecular flexibility index (Phi) is 7.74. The average Bonchev–Trinajstić information content (AvgIpc) is 3.37. The van der Waals surface area contributed by atoms with Crippen LogP contribution in [0.25, 0.3) is 17.0 Å². The summed E-state index contributed by atoms with van der Waals surface area (Å²) in [6.07, 6.45) is -1.86. The second kappa shape index (κ2) is 10.6. The molecule has 1 unspecified atom stereocenters. The van der Waals surface area contributed by atoms with Crippen molar-refractivity contribution in [3.63, 3.8) is 0 Å². The maximum absolute atomic E-state index is 13.5. The van der Waals surface area contributed by atoms with E-state index in [0.717, 1.165) is 17.0 Å². The third-order valence-electron chi connectivity index (χ3n) is 5.52. The Balaban J connectivity index is 1.52. The van der Waals surface area contributed by atoms with Crippen molar-refractivity contribution >= 4 is 51.4 Å². The molecule has 0 radical (unpaired) electrons.